The Kier molecular flexibility index (Phi) is 5.44. The standard InChI is InChI=1S/C14H28N2O/c1-10(2)7-12-5-6-16(9-12)14(17)13(15)8-11(3)4/h10-13H,5-9,15H2,1-4H3/t12?,13-/m0/s1. The van der Waals surface area contributed by atoms with Gasteiger partial charge >= 0.3 is 0 Å². The van der Waals surface area contributed by atoms with E-state index in [1.807, 2.05) is 4.90 Å². The van der Waals surface area contributed by atoms with Gasteiger partial charge in [-0.25, -0.2) is 0 Å². The fraction of sp³-hybridized carbons (Fsp3) is 0.929. The van der Waals surface area contributed by atoms with Crippen LogP contribution >= 0.6 is 0 Å². The molecule has 1 unspecified atom stereocenters. The van der Waals surface area contributed by atoms with Crippen molar-refractivity contribution in [3.05, 3.63) is 0 Å². The van der Waals surface area contributed by atoms with Crippen LogP contribution in [-0.2, 0) is 4.79 Å². The Morgan fingerprint density at radius 3 is 2.47 bits per heavy atom. The maximum Gasteiger partial charge on any atom is 0.239 e. The largest absolute Gasteiger partial charge is 0.341 e. The Labute approximate surface area is 106 Å². The first-order chi connectivity index (χ1) is 7.90. The van der Waals surface area contributed by atoms with Gasteiger partial charge in [-0.3, -0.25) is 4.79 Å². The van der Waals surface area contributed by atoms with Gasteiger partial charge < -0.3 is 10.6 Å². The summed E-state index contributed by atoms with van der Waals surface area (Å²) in [6.07, 6.45) is 3.17. The quantitative estimate of drug-likeness (QED) is 0.801. The highest BCUT2D eigenvalue weighted by Crippen LogP contribution is 2.24. The number of hydrogen-bond donors (Lipinski definition) is 1. The summed E-state index contributed by atoms with van der Waals surface area (Å²) in [5.41, 5.74) is 5.95. The molecular weight excluding hydrogens is 212 g/mol. The average Bonchev–Trinajstić information content (AvgIpc) is 2.62. The molecule has 1 rings (SSSR count). The molecule has 1 fully saturated rings. The smallest absolute Gasteiger partial charge is 0.239 e. The van der Waals surface area contributed by atoms with Gasteiger partial charge in [0.15, 0.2) is 0 Å². The molecule has 17 heavy (non-hydrogen) atoms. The van der Waals surface area contributed by atoms with E-state index in [2.05, 4.69) is 27.7 Å². The summed E-state index contributed by atoms with van der Waals surface area (Å²) < 4.78 is 0. The lowest BCUT2D eigenvalue weighted by atomic mass is 9.97. The van der Waals surface area contributed by atoms with E-state index in [9.17, 15) is 4.79 Å². The topological polar surface area (TPSA) is 46.3 Å². The average molecular weight is 240 g/mol. The van der Waals surface area contributed by atoms with Crippen LogP contribution in [-0.4, -0.2) is 29.9 Å². The molecule has 0 aliphatic carbocycles. The van der Waals surface area contributed by atoms with E-state index < -0.39 is 0 Å². The highest BCUT2D eigenvalue weighted by molar-refractivity contribution is 5.81. The lowest BCUT2D eigenvalue weighted by molar-refractivity contribution is -0.132. The van der Waals surface area contributed by atoms with Crippen LogP contribution in [0.5, 0.6) is 0 Å². The van der Waals surface area contributed by atoms with Crippen LogP contribution in [0.1, 0.15) is 47.0 Å². The van der Waals surface area contributed by atoms with Gasteiger partial charge in [0.2, 0.25) is 5.91 Å². The summed E-state index contributed by atoms with van der Waals surface area (Å²) >= 11 is 0. The summed E-state index contributed by atoms with van der Waals surface area (Å²) in [5.74, 6) is 2.05. The maximum atomic E-state index is 12.1. The molecule has 1 amide bonds. The second-order valence-corrected chi connectivity index (χ2v) is 6.30. The zero-order valence-corrected chi connectivity index (χ0v) is 11.8. The summed E-state index contributed by atoms with van der Waals surface area (Å²) in [4.78, 5) is 14.1. The molecule has 0 bridgehead atoms. The van der Waals surface area contributed by atoms with E-state index in [1.165, 1.54) is 6.42 Å². The van der Waals surface area contributed by atoms with Crippen LogP contribution in [0, 0.1) is 17.8 Å². The number of hydrogen-bond acceptors (Lipinski definition) is 2. The van der Waals surface area contributed by atoms with Crippen molar-refractivity contribution in [2.24, 2.45) is 23.5 Å². The molecule has 1 saturated heterocycles. The fourth-order valence-corrected chi connectivity index (χ4v) is 2.74. The van der Waals surface area contributed by atoms with E-state index >= 15 is 0 Å². The molecule has 100 valence electrons. The number of nitrogens with zero attached hydrogens (tertiary/aromatic N) is 1. The van der Waals surface area contributed by atoms with Crippen LogP contribution in [0.2, 0.25) is 0 Å². The molecule has 0 aromatic heterocycles. The van der Waals surface area contributed by atoms with Gasteiger partial charge in [-0.1, -0.05) is 27.7 Å². The second kappa shape index (κ2) is 6.39. The molecular formula is C14H28N2O. The van der Waals surface area contributed by atoms with E-state index in [4.69, 9.17) is 5.73 Å². The van der Waals surface area contributed by atoms with Crippen molar-refractivity contribution < 1.29 is 4.79 Å². The third-order valence-electron chi connectivity index (χ3n) is 3.44. The second-order valence-electron chi connectivity index (χ2n) is 6.30. The molecule has 2 atom stereocenters. The van der Waals surface area contributed by atoms with Crippen LogP contribution in [0.15, 0.2) is 0 Å². The number of amides is 1. The van der Waals surface area contributed by atoms with Gasteiger partial charge in [0.25, 0.3) is 0 Å². The van der Waals surface area contributed by atoms with Gasteiger partial charge in [-0.2, -0.15) is 0 Å². The maximum absolute atomic E-state index is 12.1. The Bertz CT molecular complexity index is 251. The van der Waals surface area contributed by atoms with Crippen LogP contribution in [0.3, 0.4) is 0 Å². The van der Waals surface area contributed by atoms with Gasteiger partial charge in [-0.15, -0.1) is 0 Å². The Hall–Kier alpha value is -0.570. The van der Waals surface area contributed by atoms with Crippen LogP contribution in [0.4, 0.5) is 0 Å². The van der Waals surface area contributed by atoms with Crippen molar-refractivity contribution in [2.45, 2.75) is 53.0 Å². The predicted octanol–water partition coefficient (Wildman–Crippen LogP) is 2.25. The Morgan fingerprint density at radius 2 is 1.94 bits per heavy atom. The van der Waals surface area contributed by atoms with Crippen molar-refractivity contribution in [3.8, 4) is 0 Å². The molecule has 3 heteroatoms. The van der Waals surface area contributed by atoms with Crippen molar-refractivity contribution in [3.63, 3.8) is 0 Å². The minimum Gasteiger partial charge on any atom is -0.341 e. The number of nitrogens with two attached hydrogens (primary N) is 1. The number of carbonyl (C=O) groups excluding carboxylic acids is 1. The van der Waals surface area contributed by atoms with Crippen LogP contribution in [0.25, 0.3) is 0 Å². The van der Waals surface area contributed by atoms with Crippen LogP contribution < -0.4 is 5.73 Å². The Morgan fingerprint density at radius 1 is 1.29 bits per heavy atom. The first-order valence-corrected chi connectivity index (χ1v) is 6.94. The van der Waals surface area contributed by atoms with E-state index in [-0.39, 0.29) is 11.9 Å². The predicted molar refractivity (Wildman–Crippen MR) is 71.6 cm³/mol. The van der Waals surface area contributed by atoms with Crippen molar-refractivity contribution in [1.82, 2.24) is 4.90 Å². The molecule has 3 nitrogen and oxygen atoms in total. The highest BCUT2D eigenvalue weighted by Gasteiger charge is 2.29. The van der Waals surface area contributed by atoms with Crippen molar-refractivity contribution >= 4 is 5.91 Å². The molecule has 1 aliphatic rings. The van der Waals surface area contributed by atoms with E-state index in [0.29, 0.717) is 11.8 Å². The van der Waals surface area contributed by atoms with Gasteiger partial charge in [0.1, 0.15) is 0 Å². The molecule has 0 aromatic carbocycles. The fourth-order valence-electron chi connectivity index (χ4n) is 2.74. The number of likely N-dealkylation sites (tertiary alicyclic amines) is 1. The monoisotopic (exact) mass is 240 g/mol. The minimum absolute atomic E-state index is 0.157. The number of carbonyl (C=O) groups is 1. The molecule has 0 saturated carbocycles. The lowest BCUT2D eigenvalue weighted by Gasteiger charge is -2.22. The Balaban J connectivity index is 2.39. The summed E-state index contributed by atoms with van der Waals surface area (Å²) in [5, 5.41) is 0. The summed E-state index contributed by atoms with van der Waals surface area (Å²) in [7, 11) is 0. The van der Waals surface area contributed by atoms with E-state index in [0.717, 1.165) is 31.8 Å². The molecule has 0 spiro atoms. The van der Waals surface area contributed by atoms with E-state index in [1.54, 1.807) is 0 Å². The van der Waals surface area contributed by atoms with Gasteiger partial charge in [-0.05, 0) is 37.0 Å². The molecule has 0 radical (unpaired) electrons. The SMILES string of the molecule is CC(C)CC1CCN(C(=O)[C@@H](N)CC(C)C)C1. The summed E-state index contributed by atoms with van der Waals surface area (Å²) in [6.45, 7) is 10.5. The van der Waals surface area contributed by atoms with Crippen molar-refractivity contribution in [1.29, 1.82) is 0 Å². The molecule has 2 N–H and O–H groups in total. The third kappa shape index (κ3) is 4.66. The zero-order valence-electron chi connectivity index (χ0n) is 11.8. The minimum atomic E-state index is -0.298. The molecule has 1 aliphatic heterocycles. The highest BCUT2D eigenvalue weighted by atomic mass is 16.2. The lowest BCUT2D eigenvalue weighted by Crippen LogP contribution is -2.43. The zero-order chi connectivity index (χ0) is 13.0. The van der Waals surface area contributed by atoms with Crippen molar-refractivity contribution in [2.75, 3.05) is 13.1 Å². The first-order valence-electron chi connectivity index (χ1n) is 6.94. The number of rotatable bonds is 5. The first kappa shape index (κ1) is 14.5. The van der Waals surface area contributed by atoms with Gasteiger partial charge in [0, 0.05) is 13.1 Å². The molecule has 1 heterocycles. The normalized spacial score (nSPS) is 22.5. The third-order valence-corrected chi connectivity index (χ3v) is 3.44. The summed E-state index contributed by atoms with van der Waals surface area (Å²) in [6, 6.07) is -0.298. The molecule has 0 aromatic rings. The van der Waals surface area contributed by atoms with Gasteiger partial charge in [0.05, 0.1) is 6.04 Å².